The molecule has 164 valence electrons. The Labute approximate surface area is 201 Å². The summed E-state index contributed by atoms with van der Waals surface area (Å²) in [5.41, 5.74) is 5.55. The second-order valence-electron chi connectivity index (χ2n) is 8.54. The van der Waals surface area contributed by atoms with Gasteiger partial charge in [0.1, 0.15) is 5.82 Å². The van der Waals surface area contributed by atoms with Gasteiger partial charge >= 0.3 is 0 Å². The average Bonchev–Trinajstić information content (AvgIpc) is 3.62. The molecule has 0 radical (unpaired) electrons. The summed E-state index contributed by atoms with van der Waals surface area (Å²) in [6.45, 7) is 0. The summed E-state index contributed by atoms with van der Waals surface area (Å²) in [7, 11) is 0. The average molecular weight is 469 g/mol. The fourth-order valence-corrected chi connectivity index (χ4v) is 6.02. The van der Waals surface area contributed by atoms with Crippen LogP contribution in [0.2, 0.25) is 0 Å². The summed E-state index contributed by atoms with van der Waals surface area (Å²) in [5, 5.41) is 7.91. The van der Waals surface area contributed by atoms with Gasteiger partial charge in [0.25, 0.3) is 0 Å². The molecule has 6 rings (SSSR count). The zero-order chi connectivity index (χ0) is 22.0. The molecule has 0 bridgehead atoms. The van der Waals surface area contributed by atoms with Gasteiger partial charge < -0.3 is 5.32 Å². The van der Waals surface area contributed by atoms with E-state index in [1.807, 2.05) is 12.3 Å². The normalized spacial score (nSPS) is 14.2. The van der Waals surface area contributed by atoms with Crippen molar-refractivity contribution in [3.05, 3.63) is 82.8 Å². The number of nitrogens with one attached hydrogen (secondary N) is 1. The first-order valence-corrected chi connectivity index (χ1v) is 13.2. The molecule has 1 aliphatic rings. The fraction of sp³-hybridized carbons (Fsp3) is 0.222. The van der Waals surface area contributed by atoms with E-state index in [0.29, 0.717) is 6.04 Å². The maximum absolute atomic E-state index is 4.96. The molecule has 6 heteroatoms. The second-order valence-corrected chi connectivity index (χ2v) is 10.4. The minimum absolute atomic E-state index is 0.517. The molecular formula is C27H24N4S2. The van der Waals surface area contributed by atoms with Crippen LogP contribution in [-0.2, 0) is 6.42 Å². The molecule has 0 aliphatic heterocycles. The summed E-state index contributed by atoms with van der Waals surface area (Å²) >= 11 is 3.47. The number of rotatable bonds is 6. The van der Waals surface area contributed by atoms with E-state index in [-0.39, 0.29) is 0 Å². The highest BCUT2D eigenvalue weighted by Crippen LogP contribution is 2.32. The zero-order valence-corrected chi connectivity index (χ0v) is 19.8. The topological polar surface area (TPSA) is 50.7 Å². The van der Waals surface area contributed by atoms with Crippen molar-refractivity contribution in [2.45, 2.75) is 38.1 Å². The molecule has 1 saturated carbocycles. The smallest absolute Gasteiger partial charge is 0.162 e. The minimum atomic E-state index is 0.517. The lowest BCUT2D eigenvalue weighted by molar-refractivity contribution is 0.752. The largest absolute Gasteiger partial charge is 0.366 e. The van der Waals surface area contributed by atoms with Crippen LogP contribution < -0.4 is 5.32 Å². The molecule has 33 heavy (non-hydrogen) atoms. The third kappa shape index (κ3) is 4.41. The van der Waals surface area contributed by atoms with Gasteiger partial charge in [-0.25, -0.2) is 9.97 Å². The van der Waals surface area contributed by atoms with Crippen molar-refractivity contribution in [3.63, 3.8) is 0 Å². The Balaban J connectivity index is 1.27. The third-order valence-electron chi connectivity index (χ3n) is 6.22. The van der Waals surface area contributed by atoms with Gasteiger partial charge in [-0.05, 0) is 59.0 Å². The monoisotopic (exact) mass is 468 g/mol. The molecule has 0 unspecified atom stereocenters. The van der Waals surface area contributed by atoms with Crippen LogP contribution in [0, 0.1) is 0 Å². The maximum Gasteiger partial charge on any atom is 0.162 e. The Hall–Kier alpha value is -3.09. The lowest BCUT2D eigenvalue weighted by Crippen LogP contribution is -2.16. The molecule has 1 N–H and O–H groups in total. The van der Waals surface area contributed by atoms with E-state index < -0.39 is 0 Å². The van der Waals surface area contributed by atoms with Crippen molar-refractivity contribution in [2.75, 3.05) is 5.32 Å². The number of aromatic nitrogens is 3. The summed E-state index contributed by atoms with van der Waals surface area (Å²) < 4.78 is 1.14. The van der Waals surface area contributed by atoms with Gasteiger partial charge in [0.15, 0.2) is 5.82 Å². The van der Waals surface area contributed by atoms with Crippen LogP contribution in [-0.4, -0.2) is 21.0 Å². The Kier molecular flexibility index (Phi) is 5.62. The van der Waals surface area contributed by atoms with E-state index >= 15 is 0 Å². The van der Waals surface area contributed by atoms with Crippen LogP contribution >= 0.6 is 22.7 Å². The molecule has 1 aromatic carbocycles. The van der Waals surface area contributed by atoms with Crippen molar-refractivity contribution in [1.29, 1.82) is 0 Å². The molecule has 1 fully saturated rings. The van der Waals surface area contributed by atoms with Gasteiger partial charge in [-0.2, -0.15) is 0 Å². The Morgan fingerprint density at radius 1 is 0.879 bits per heavy atom. The van der Waals surface area contributed by atoms with Crippen molar-refractivity contribution < 1.29 is 0 Å². The third-order valence-corrected chi connectivity index (χ3v) is 8.05. The van der Waals surface area contributed by atoms with Crippen LogP contribution in [0.3, 0.4) is 0 Å². The Bertz CT molecular complexity index is 1370. The highest BCUT2D eigenvalue weighted by atomic mass is 32.1. The van der Waals surface area contributed by atoms with Gasteiger partial charge in [-0.1, -0.05) is 43.2 Å². The second kappa shape index (κ2) is 9.04. The van der Waals surface area contributed by atoms with Gasteiger partial charge in [-0.15, -0.1) is 22.7 Å². The summed E-state index contributed by atoms with van der Waals surface area (Å²) in [6.07, 6.45) is 7.69. The Morgan fingerprint density at radius 2 is 1.76 bits per heavy atom. The lowest BCUT2D eigenvalue weighted by Gasteiger charge is -2.14. The number of hydrogen-bond acceptors (Lipinski definition) is 6. The van der Waals surface area contributed by atoms with Crippen molar-refractivity contribution >= 4 is 38.7 Å². The highest BCUT2D eigenvalue weighted by molar-refractivity contribution is 7.17. The van der Waals surface area contributed by atoms with Gasteiger partial charge in [0.2, 0.25) is 0 Å². The molecule has 4 nitrogen and oxygen atoms in total. The van der Waals surface area contributed by atoms with Crippen LogP contribution in [0.4, 0.5) is 5.82 Å². The SMILES string of the molecule is c1csc(-c2ccc(Cc3cc(-c4nc(NC5CCCC5)c5sccc5n4)ccn3)cc2)c1. The van der Waals surface area contributed by atoms with E-state index in [9.17, 15) is 0 Å². The molecule has 0 atom stereocenters. The van der Waals surface area contributed by atoms with Gasteiger partial charge in [-0.3, -0.25) is 4.98 Å². The number of benzene rings is 1. The molecule has 5 aromatic rings. The van der Waals surface area contributed by atoms with E-state index in [1.165, 1.54) is 41.7 Å². The Morgan fingerprint density at radius 3 is 2.58 bits per heavy atom. The molecule has 0 saturated heterocycles. The van der Waals surface area contributed by atoms with Crippen LogP contribution in [0.25, 0.3) is 32.0 Å². The van der Waals surface area contributed by atoms with E-state index in [2.05, 4.69) is 69.6 Å². The number of anilines is 1. The lowest BCUT2D eigenvalue weighted by atomic mass is 10.0. The van der Waals surface area contributed by atoms with Gasteiger partial charge in [0.05, 0.1) is 10.2 Å². The predicted molar refractivity (Wildman–Crippen MR) is 139 cm³/mol. The number of nitrogens with zero attached hydrogens (tertiary/aromatic N) is 3. The van der Waals surface area contributed by atoms with E-state index in [4.69, 9.17) is 9.97 Å². The van der Waals surface area contributed by atoms with Crippen LogP contribution in [0.1, 0.15) is 36.9 Å². The first kappa shape index (κ1) is 20.5. The van der Waals surface area contributed by atoms with Crippen LogP contribution in [0.15, 0.2) is 71.6 Å². The fourth-order valence-electron chi connectivity index (χ4n) is 4.51. The highest BCUT2D eigenvalue weighted by Gasteiger charge is 2.18. The number of pyridine rings is 1. The zero-order valence-electron chi connectivity index (χ0n) is 18.2. The number of hydrogen-bond donors (Lipinski definition) is 1. The van der Waals surface area contributed by atoms with Crippen molar-refractivity contribution in [2.24, 2.45) is 0 Å². The summed E-state index contributed by atoms with van der Waals surface area (Å²) in [5.74, 6) is 1.73. The molecule has 4 aromatic heterocycles. The first-order chi connectivity index (χ1) is 16.3. The summed E-state index contributed by atoms with van der Waals surface area (Å²) in [6, 6.07) is 19.8. The van der Waals surface area contributed by atoms with E-state index in [0.717, 1.165) is 39.5 Å². The standard InChI is InChI=1S/C27H24N4S2/c1-2-5-21(4-1)29-27-25-23(12-15-33-25)30-26(31-27)20-11-13-28-22(17-20)16-18-7-9-19(10-8-18)24-6-3-14-32-24/h3,6-15,17,21H,1-2,4-5,16H2,(H,29,30,31). The van der Waals surface area contributed by atoms with Crippen molar-refractivity contribution in [3.8, 4) is 21.8 Å². The minimum Gasteiger partial charge on any atom is -0.366 e. The maximum atomic E-state index is 4.96. The number of thiophene rings is 2. The molecule has 0 spiro atoms. The quantitative estimate of drug-likeness (QED) is 0.282. The number of fused-ring (bicyclic) bond motifs is 1. The van der Waals surface area contributed by atoms with Crippen LogP contribution in [0.5, 0.6) is 0 Å². The first-order valence-electron chi connectivity index (χ1n) is 11.4. The molecule has 0 amide bonds. The van der Waals surface area contributed by atoms with Gasteiger partial charge in [0, 0.05) is 34.8 Å². The predicted octanol–water partition coefficient (Wildman–Crippen LogP) is 7.43. The van der Waals surface area contributed by atoms with E-state index in [1.54, 1.807) is 22.7 Å². The molecular weight excluding hydrogens is 444 g/mol. The molecule has 1 aliphatic carbocycles. The summed E-state index contributed by atoms with van der Waals surface area (Å²) in [4.78, 5) is 15.7. The molecule has 4 heterocycles. The van der Waals surface area contributed by atoms with Crippen molar-refractivity contribution in [1.82, 2.24) is 15.0 Å².